The van der Waals surface area contributed by atoms with Gasteiger partial charge in [0.25, 0.3) is 0 Å². The van der Waals surface area contributed by atoms with Gasteiger partial charge in [-0.25, -0.2) is 9.18 Å². The molecule has 0 unspecified atom stereocenters. The summed E-state index contributed by atoms with van der Waals surface area (Å²) in [4.78, 5) is 21.9. The van der Waals surface area contributed by atoms with Crippen LogP contribution in [0.5, 0.6) is 0 Å². The molecule has 0 saturated carbocycles. The van der Waals surface area contributed by atoms with Crippen molar-refractivity contribution in [1.29, 1.82) is 0 Å². The molecule has 0 aliphatic carbocycles. The van der Waals surface area contributed by atoms with Gasteiger partial charge in [-0.05, 0) is 39.0 Å². The molecular formula is C12H14FNO3. The highest BCUT2D eigenvalue weighted by Crippen LogP contribution is 2.19. The van der Waals surface area contributed by atoms with E-state index < -0.39 is 17.3 Å². The summed E-state index contributed by atoms with van der Waals surface area (Å²) in [5.41, 5.74) is -0.895. The van der Waals surface area contributed by atoms with Gasteiger partial charge in [-0.1, -0.05) is 0 Å². The van der Waals surface area contributed by atoms with Gasteiger partial charge in [-0.15, -0.1) is 0 Å². The maximum absolute atomic E-state index is 13.5. The average molecular weight is 239 g/mol. The van der Waals surface area contributed by atoms with E-state index in [0.29, 0.717) is 5.69 Å². The second kappa shape index (κ2) is 4.53. The number of carbonyl (C=O) groups is 2. The molecule has 0 aliphatic heterocycles. The van der Waals surface area contributed by atoms with Crippen LogP contribution in [0.1, 0.15) is 31.1 Å². The largest absolute Gasteiger partial charge is 0.480 e. The smallest absolute Gasteiger partial charge is 0.328 e. The summed E-state index contributed by atoms with van der Waals surface area (Å²) in [6.07, 6.45) is 0. The lowest BCUT2D eigenvalue weighted by Crippen LogP contribution is -2.39. The predicted octanol–water partition coefficient (Wildman–Crippen LogP) is 2.30. The van der Waals surface area contributed by atoms with Crippen LogP contribution < -0.4 is 5.32 Å². The fourth-order valence-corrected chi connectivity index (χ4v) is 1.29. The van der Waals surface area contributed by atoms with Gasteiger partial charge in [0.2, 0.25) is 0 Å². The molecule has 1 rings (SSSR count). The number of nitrogens with one attached hydrogen (secondary N) is 1. The summed E-state index contributed by atoms with van der Waals surface area (Å²) in [6, 6.07) is 3.92. The first-order chi connectivity index (χ1) is 7.74. The van der Waals surface area contributed by atoms with Crippen molar-refractivity contribution in [1.82, 2.24) is 0 Å². The van der Waals surface area contributed by atoms with Crippen molar-refractivity contribution < 1.29 is 19.1 Å². The Hall–Kier alpha value is -1.91. The Kier molecular flexibility index (Phi) is 3.50. The Morgan fingerprint density at radius 1 is 1.35 bits per heavy atom. The molecule has 1 aromatic rings. The molecule has 0 aliphatic rings. The molecule has 92 valence electrons. The van der Waals surface area contributed by atoms with Crippen LogP contribution in [0.3, 0.4) is 0 Å². The number of carboxylic acid groups (broad SMARTS) is 1. The monoisotopic (exact) mass is 239 g/mol. The molecule has 5 heteroatoms. The Labute approximate surface area is 98.5 Å². The third-order valence-electron chi connectivity index (χ3n) is 2.34. The summed E-state index contributed by atoms with van der Waals surface area (Å²) in [5.74, 6) is -2.08. The minimum atomic E-state index is -1.20. The fraction of sp³-hybridized carbons (Fsp3) is 0.333. The standard InChI is InChI=1S/C12H14FNO3/c1-7(15)9-5-4-8(6-10(9)13)14-12(2,3)11(16)17/h4-6,14H,1-3H3,(H,16,17). The van der Waals surface area contributed by atoms with Gasteiger partial charge in [0, 0.05) is 5.69 Å². The predicted molar refractivity (Wildman–Crippen MR) is 61.7 cm³/mol. The van der Waals surface area contributed by atoms with Gasteiger partial charge >= 0.3 is 5.97 Å². The van der Waals surface area contributed by atoms with E-state index in [2.05, 4.69) is 5.32 Å². The molecule has 2 N–H and O–H groups in total. The van der Waals surface area contributed by atoms with Crippen molar-refractivity contribution in [2.45, 2.75) is 26.3 Å². The van der Waals surface area contributed by atoms with Gasteiger partial charge in [-0.3, -0.25) is 4.79 Å². The fourth-order valence-electron chi connectivity index (χ4n) is 1.29. The van der Waals surface area contributed by atoms with Crippen LogP contribution in [-0.4, -0.2) is 22.4 Å². The molecule has 0 bridgehead atoms. The molecule has 0 atom stereocenters. The summed E-state index contributed by atoms with van der Waals surface area (Å²) in [7, 11) is 0. The van der Waals surface area contributed by atoms with Crippen LogP contribution in [0.2, 0.25) is 0 Å². The van der Waals surface area contributed by atoms with Crippen LogP contribution in [0.25, 0.3) is 0 Å². The van der Waals surface area contributed by atoms with E-state index in [0.717, 1.165) is 6.07 Å². The number of hydrogen-bond acceptors (Lipinski definition) is 3. The molecule has 0 saturated heterocycles. The Morgan fingerprint density at radius 2 is 1.94 bits per heavy atom. The molecule has 0 fully saturated rings. The van der Waals surface area contributed by atoms with E-state index >= 15 is 0 Å². The van der Waals surface area contributed by atoms with Crippen molar-refractivity contribution in [2.24, 2.45) is 0 Å². The van der Waals surface area contributed by atoms with Crippen molar-refractivity contribution in [2.75, 3.05) is 5.32 Å². The highest BCUT2D eigenvalue weighted by molar-refractivity contribution is 5.94. The number of halogens is 1. The summed E-state index contributed by atoms with van der Waals surface area (Å²) >= 11 is 0. The van der Waals surface area contributed by atoms with Crippen LogP contribution in [0.15, 0.2) is 18.2 Å². The van der Waals surface area contributed by atoms with Gasteiger partial charge < -0.3 is 10.4 Å². The van der Waals surface area contributed by atoms with Crippen LogP contribution in [-0.2, 0) is 4.79 Å². The van der Waals surface area contributed by atoms with Crippen molar-refractivity contribution in [3.8, 4) is 0 Å². The second-order valence-electron chi connectivity index (χ2n) is 4.31. The number of hydrogen-bond donors (Lipinski definition) is 2. The van der Waals surface area contributed by atoms with Crippen LogP contribution >= 0.6 is 0 Å². The molecule has 0 amide bonds. The Morgan fingerprint density at radius 3 is 2.35 bits per heavy atom. The normalized spacial score (nSPS) is 11.1. The molecule has 0 aromatic heterocycles. The van der Waals surface area contributed by atoms with E-state index in [4.69, 9.17) is 5.11 Å². The average Bonchev–Trinajstić information content (AvgIpc) is 2.15. The first-order valence-corrected chi connectivity index (χ1v) is 5.06. The lowest BCUT2D eigenvalue weighted by atomic mass is 10.0. The molecule has 0 spiro atoms. The SMILES string of the molecule is CC(=O)c1ccc(NC(C)(C)C(=O)O)cc1F. The molecular weight excluding hydrogens is 225 g/mol. The molecule has 4 nitrogen and oxygen atoms in total. The number of ketones is 1. The van der Waals surface area contributed by atoms with Crippen molar-refractivity contribution in [3.63, 3.8) is 0 Å². The van der Waals surface area contributed by atoms with E-state index in [-0.39, 0.29) is 11.3 Å². The summed E-state index contributed by atoms with van der Waals surface area (Å²) in [6.45, 7) is 4.20. The van der Waals surface area contributed by atoms with Crippen molar-refractivity contribution >= 4 is 17.4 Å². The number of carboxylic acids is 1. The molecule has 17 heavy (non-hydrogen) atoms. The minimum absolute atomic E-state index is 0.0105. The van der Waals surface area contributed by atoms with E-state index in [1.807, 2.05) is 0 Å². The topological polar surface area (TPSA) is 66.4 Å². The number of Topliss-reactive ketones (excluding diaryl/α,β-unsaturated/α-hetero) is 1. The zero-order chi connectivity index (χ0) is 13.2. The molecule has 0 heterocycles. The number of benzene rings is 1. The van der Waals surface area contributed by atoms with Gasteiger partial charge in [0.15, 0.2) is 5.78 Å². The zero-order valence-electron chi connectivity index (χ0n) is 9.87. The molecule has 1 aromatic carbocycles. The van der Waals surface area contributed by atoms with Gasteiger partial charge in [0.05, 0.1) is 5.56 Å². The highest BCUT2D eigenvalue weighted by atomic mass is 19.1. The maximum atomic E-state index is 13.5. The zero-order valence-corrected chi connectivity index (χ0v) is 9.87. The third kappa shape index (κ3) is 3.03. The van der Waals surface area contributed by atoms with Crippen molar-refractivity contribution in [3.05, 3.63) is 29.6 Å². The Balaban J connectivity index is 2.99. The van der Waals surface area contributed by atoms with Gasteiger partial charge in [0.1, 0.15) is 11.4 Å². The lowest BCUT2D eigenvalue weighted by Gasteiger charge is -2.22. The van der Waals surface area contributed by atoms with E-state index in [1.165, 1.54) is 32.9 Å². The van der Waals surface area contributed by atoms with E-state index in [1.54, 1.807) is 0 Å². The Bertz CT molecular complexity index is 469. The maximum Gasteiger partial charge on any atom is 0.328 e. The van der Waals surface area contributed by atoms with Crippen LogP contribution in [0.4, 0.5) is 10.1 Å². The summed E-state index contributed by atoms with van der Waals surface area (Å²) in [5, 5.41) is 11.6. The first-order valence-electron chi connectivity index (χ1n) is 5.06. The number of rotatable bonds is 4. The van der Waals surface area contributed by atoms with Gasteiger partial charge in [-0.2, -0.15) is 0 Å². The first kappa shape index (κ1) is 13.2. The second-order valence-corrected chi connectivity index (χ2v) is 4.31. The number of carbonyl (C=O) groups excluding carboxylic acids is 1. The lowest BCUT2D eigenvalue weighted by molar-refractivity contribution is -0.141. The summed E-state index contributed by atoms with van der Waals surface area (Å²) < 4.78 is 13.5. The minimum Gasteiger partial charge on any atom is -0.480 e. The number of anilines is 1. The highest BCUT2D eigenvalue weighted by Gasteiger charge is 2.26. The quantitative estimate of drug-likeness (QED) is 0.791. The molecule has 0 radical (unpaired) electrons. The van der Waals surface area contributed by atoms with Crippen LogP contribution in [0, 0.1) is 5.82 Å². The van der Waals surface area contributed by atoms with E-state index in [9.17, 15) is 14.0 Å². The number of aliphatic carboxylic acids is 1. The third-order valence-corrected chi connectivity index (χ3v) is 2.34.